The zero-order valence-electron chi connectivity index (χ0n) is 11.0. The van der Waals surface area contributed by atoms with E-state index in [2.05, 4.69) is 57.0 Å². The molecule has 0 heterocycles. The van der Waals surface area contributed by atoms with E-state index in [0.717, 1.165) is 6.42 Å². The first kappa shape index (κ1) is 11.4. The number of hydrogen-bond acceptors (Lipinski definition) is 1. The highest BCUT2D eigenvalue weighted by Gasteiger charge is 2.45. The molecule has 0 fully saturated rings. The lowest BCUT2D eigenvalue weighted by Gasteiger charge is -2.47. The van der Waals surface area contributed by atoms with E-state index in [1.54, 1.807) is 0 Å². The van der Waals surface area contributed by atoms with Crippen LogP contribution in [0.5, 0.6) is 0 Å². The summed E-state index contributed by atoms with van der Waals surface area (Å²) in [6.45, 7) is 9.30. The normalized spacial score (nSPS) is 24.2. The largest absolute Gasteiger partial charge is 0.292 e. The molecule has 2 rings (SSSR count). The molecule has 0 atom stereocenters. The van der Waals surface area contributed by atoms with Crippen LogP contribution in [0.4, 0.5) is 0 Å². The monoisotopic (exact) mass is 215 g/mol. The first-order valence-electron chi connectivity index (χ1n) is 5.96. The third-order valence-electron chi connectivity index (χ3n) is 4.41. The third-order valence-corrected chi connectivity index (χ3v) is 4.41. The molecule has 1 aliphatic carbocycles. The summed E-state index contributed by atoms with van der Waals surface area (Å²) in [5.41, 5.74) is 4.42. The summed E-state index contributed by atoms with van der Waals surface area (Å²) in [7, 11) is 1.91. The summed E-state index contributed by atoms with van der Waals surface area (Å²) < 4.78 is 0. The maximum Gasteiger partial charge on any atom is 0.0481 e. The maximum atomic E-state index is 4.55. The summed E-state index contributed by atoms with van der Waals surface area (Å²) in [6, 6.07) is 8.67. The molecule has 0 unspecified atom stereocenters. The molecule has 0 aromatic heterocycles. The molecule has 1 nitrogen and oxygen atoms in total. The minimum Gasteiger partial charge on any atom is -0.292 e. The Morgan fingerprint density at radius 3 is 2.31 bits per heavy atom. The molecule has 0 N–H and O–H groups in total. The Labute approximate surface area is 98.6 Å². The van der Waals surface area contributed by atoms with Crippen LogP contribution in [0.2, 0.25) is 0 Å². The predicted molar refractivity (Wildman–Crippen MR) is 70.2 cm³/mol. The van der Waals surface area contributed by atoms with Gasteiger partial charge in [-0.1, -0.05) is 52.0 Å². The van der Waals surface area contributed by atoms with Gasteiger partial charge in [0.2, 0.25) is 0 Å². The van der Waals surface area contributed by atoms with Gasteiger partial charge in [0.05, 0.1) is 0 Å². The zero-order chi connectivity index (χ0) is 12.0. The lowest BCUT2D eigenvalue weighted by atomic mass is 9.57. The van der Waals surface area contributed by atoms with E-state index in [0.29, 0.717) is 0 Å². The number of fused-ring (bicyclic) bond motifs is 1. The molecule has 1 aliphatic rings. The van der Waals surface area contributed by atoms with Gasteiger partial charge in [-0.2, -0.15) is 0 Å². The smallest absolute Gasteiger partial charge is 0.0481 e. The molecule has 86 valence electrons. The van der Waals surface area contributed by atoms with Gasteiger partial charge in [-0.05, 0) is 23.0 Å². The average molecular weight is 215 g/mol. The van der Waals surface area contributed by atoms with Gasteiger partial charge >= 0.3 is 0 Å². The Kier molecular flexibility index (Phi) is 2.45. The molecule has 0 spiro atoms. The third kappa shape index (κ3) is 1.41. The quantitative estimate of drug-likeness (QED) is 0.625. The molecular weight excluding hydrogens is 194 g/mol. The maximum absolute atomic E-state index is 4.55. The van der Waals surface area contributed by atoms with E-state index >= 15 is 0 Å². The van der Waals surface area contributed by atoms with Gasteiger partial charge in [0.1, 0.15) is 0 Å². The number of nitrogens with zero attached hydrogens (tertiary/aromatic N) is 1. The van der Waals surface area contributed by atoms with E-state index < -0.39 is 0 Å². The van der Waals surface area contributed by atoms with Crippen molar-refractivity contribution >= 4 is 5.71 Å². The van der Waals surface area contributed by atoms with E-state index in [4.69, 9.17) is 0 Å². The van der Waals surface area contributed by atoms with Gasteiger partial charge in [-0.3, -0.25) is 4.99 Å². The molecule has 0 saturated heterocycles. The molecule has 0 amide bonds. The minimum absolute atomic E-state index is 0.135. The van der Waals surface area contributed by atoms with Gasteiger partial charge in [0.25, 0.3) is 0 Å². The molecule has 16 heavy (non-hydrogen) atoms. The highest BCUT2D eigenvalue weighted by atomic mass is 14.7. The van der Waals surface area contributed by atoms with Crippen molar-refractivity contribution in [3.05, 3.63) is 35.4 Å². The minimum atomic E-state index is 0.135. The number of rotatable bonds is 0. The lowest BCUT2D eigenvalue weighted by Crippen LogP contribution is -2.45. The average Bonchev–Trinajstić information content (AvgIpc) is 2.19. The van der Waals surface area contributed by atoms with Gasteiger partial charge < -0.3 is 0 Å². The second-order valence-electron chi connectivity index (χ2n) is 5.92. The van der Waals surface area contributed by atoms with Gasteiger partial charge in [-0.15, -0.1) is 0 Å². The summed E-state index contributed by atoms with van der Waals surface area (Å²) >= 11 is 0. The molecule has 1 aromatic rings. The molecule has 0 radical (unpaired) electrons. The summed E-state index contributed by atoms with van der Waals surface area (Å²) in [5, 5.41) is 0. The van der Waals surface area contributed by atoms with Crippen LogP contribution in [0, 0.1) is 10.8 Å². The van der Waals surface area contributed by atoms with Crippen molar-refractivity contribution in [3.63, 3.8) is 0 Å². The van der Waals surface area contributed by atoms with Crippen molar-refractivity contribution in [1.82, 2.24) is 0 Å². The molecule has 1 aromatic carbocycles. The fraction of sp³-hybridized carbons (Fsp3) is 0.533. The SMILES string of the molecule is CN=C1c2ccccc2CC(C)(C)C1(C)C. The van der Waals surface area contributed by atoms with Crippen molar-refractivity contribution in [3.8, 4) is 0 Å². The number of aliphatic imine (C=N–C) groups is 1. The van der Waals surface area contributed by atoms with Crippen LogP contribution in [0.15, 0.2) is 29.3 Å². The van der Waals surface area contributed by atoms with Crippen molar-refractivity contribution in [2.24, 2.45) is 15.8 Å². The first-order chi connectivity index (χ1) is 7.40. The highest BCUT2D eigenvalue weighted by Crippen LogP contribution is 2.48. The Hall–Kier alpha value is -1.11. The van der Waals surface area contributed by atoms with E-state index in [-0.39, 0.29) is 10.8 Å². The van der Waals surface area contributed by atoms with Gasteiger partial charge in [0.15, 0.2) is 0 Å². The van der Waals surface area contributed by atoms with Crippen LogP contribution < -0.4 is 0 Å². The summed E-state index contributed by atoms with van der Waals surface area (Å²) in [4.78, 5) is 4.55. The van der Waals surface area contributed by atoms with Crippen LogP contribution in [-0.2, 0) is 6.42 Å². The van der Waals surface area contributed by atoms with Gasteiger partial charge in [-0.25, -0.2) is 0 Å². The second kappa shape index (κ2) is 3.44. The summed E-state index contributed by atoms with van der Waals surface area (Å²) in [5.74, 6) is 0. The predicted octanol–water partition coefficient (Wildman–Crippen LogP) is 3.71. The zero-order valence-corrected chi connectivity index (χ0v) is 11.0. The Bertz CT molecular complexity index is 439. The van der Waals surface area contributed by atoms with Crippen LogP contribution in [-0.4, -0.2) is 12.8 Å². The van der Waals surface area contributed by atoms with Crippen molar-refractivity contribution in [1.29, 1.82) is 0 Å². The van der Waals surface area contributed by atoms with Crippen molar-refractivity contribution in [2.45, 2.75) is 34.1 Å². The Morgan fingerprint density at radius 2 is 1.69 bits per heavy atom. The van der Waals surface area contributed by atoms with Crippen LogP contribution in [0.25, 0.3) is 0 Å². The fourth-order valence-electron chi connectivity index (χ4n) is 2.66. The number of benzene rings is 1. The van der Waals surface area contributed by atoms with Crippen molar-refractivity contribution in [2.75, 3.05) is 7.05 Å². The lowest BCUT2D eigenvalue weighted by molar-refractivity contribution is 0.180. The van der Waals surface area contributed by atoms with E-state index in [1.165, 1.54) is 16.8 Å². The van der Waals surface area contributed by atoms with Crippen molar-refractivity contribution < 1.29 is 0 Å². The number of hydrogen-bond donors (Lipinski definition) is 0. The van der Waals surface area contributed by atoms with Crippen LogP contribution >= 0.6 is 0 Å². The standard InChI is InChI=1S/C15H21N/c1-14(2)10-11-8-6-7-9-12(11)13(16-5)15(14,3)4/h6-9H,10H2,1-5H3. The molecular formula is C15H21N. The topological polar surface area (TPSA) is 12.4 Å². The second-order valence-corrected chi connectivity index (χ2v) is 5.92. The van der Waals surface area contributed by atoms with Crippen LogP contribution in [0.3, 0.4) is 0 Å². The molecule has 1 heteroatoms. The Balaban J connectivity index is 2.67. The van der Waals surface area contributed by atoms with E-state index in [9.17, 15) is 0 Å². The Morgan fingerprint density at radius 1 is 1.06 bits per heavy atom. The molecule has 0 bridgehead atoms. The van der Waals surface area contributed by atoms with Crippen LogP contribution in [0.1, 0.15) is 38.8 Å². The summed E-state index contributed by atoms with van der Waals surface area (Å²) in [6.07, 6.45) is 1.13. The fourth-order valence-corrected chi connectivity index (χ4v) is 2.66. The van der Waals surface area contributed by atoms with Gasteiger partial charge in [0, 0.05) is 18.2 Å². The highest BCUT2D eigenvalue weighted by molar-refractivity contribution is 6.07. The first-order valence-corrected chi connectivity index (χ1v) is 5.96. The molecule has 0 aliphatic heterocycles. The molecule has 0 saturated carbocycles. The van der Waals surface area contributed by atoms with E-state index in [1.807, 2.05) is 7.05 Å².